The minimum absolute atomic E-state index is 0.100. The van der Waals surface area contributed by atoms with Crippen LogP contribution in [0.25, 0.3) is 0 Å². The summed E-state index contributed by atoms with van der Waals surface area (Å²) in [5, 5.41) is 0. The van der Waals surface area contributed by atoms with Crippen molar-refractivity contribution in [3.05, 3.63) is 35.9 Å². The maximum absolute atomic E-state index is 12.1. The van der Waals surface area contributed by atoms with Gasteiger partial charge in [-0.05, 0) is 25.1 Å². The fourth-order valence-corrected chi connectivity index (χ4v) is 2.72. The number of hydrogen-bond acceptors (Lipinski definition) is 4. The van der Waals surface area contributed by atoms with Crippen LogP contribution in [-0.2, 0) is 20.9 Å². The first-order valence-electron chi connectivity index (χ1n) is 9.73. The molecule has 25 heavy (non-hydrogen) atoms. The molecule has 0 aliphatic heterocycles. The molecule has 0 aliphatic rings. The number of rotatable bonds is 14. The quantitative estimate of drug-likeness (QED) is 0.368. The summed E-state index contributed by atoms with van der Waals surface area (Å²) < 4.78 is 11.5. The Hall–Kier alpha value is -1.39. The van der Waals surface area contributed by atoms with Crippen molar-refractivity contribution in [2.24, 2.45) is 0 Å². The molecule has 1 atom stereocenters. The third-order valence-corrected chi connectivity index (χ3v) is 4.30. The van der Waals surface area contributed by atoms with E-state index in [4.69, 9.17) is 9.47 Å². The fourth-order valence-electron chi connectivity index (χ4n) is 2.72. The second kappa shape index (κ2) is 13.9. The summed E-state index contributed by atoms with van der Waals surface area (Å²) in [5.74, 6) is -0.100. The van der Waals surface area contributed by atoms with Crippen molar-refractivity contribution in [3.8, 4) is 0 Å². The molecule has 0 aromatic heterocycles. The molecule has 1 unspecified atom stereocenters. The van der Waals surface area contributed by atoms with E-state index in [1.54, 1.807) is 0 Å². The topological polar surface area (TPSA) is 38.8 Å². The van der Waals surface area contributed by atoms with Crippen LogP contribution in [0.1, 0.15) is 58.4 Å². The monoisotopic (exact) mass is 349 g/mol. The SMILES string of the molecule is CCCCCCC(=O)OC(COCc1ccccc1)CN(CC)CC. The van der Waals surface area contributed by atoms with Gasteiger partial charge in [-0.25, -0.2) is 0 Å². The highest BCUT2D eigenvalue weighted by Gasteiger charge is 2.17. The van der Waals surface area contributed by atoms with Gasteiger partial charge in [0, 0.05) is 13.0 Å². The molecule has 142 valence electrons. The lowest BCUT2D eigenvalue weighted by Crippen LogP contribution is -2.37. The Morgan fingerprint density at radius 1 is 1.04 bits per heavy atom. The summed E-state index contributed by atoms with van der Waals surface area (Å²) in [6.07, 6.45) is 4.66. The second-order valence-electron chi connectivity index (χ2n) is 6.41. The van der Waals surface area contributed by atoms with Crippen molar-refractivity contribution in [2.45, 2.75) is 65.6 Å². The first-order valence-corrected chi connectivity index (χ1v) is 9.73. The van der Waals surface area contributed by atoms with Crippen molar-refractivity contribution in [1.29, 1.82) is 0 Å². The number of benzene rings is 1. The molecule has 0 heterocycles. The standard InChI is InChI=1S/C21H35NO3/c1-4-7-8-12-15-21(23)25-20(16-22(5-2)6-3)18-24-17-19-13-10-9-11-14-19/h9-11,13-14,20H,4-8,12,15-18H2,1-3H3. The van der Waals surface area contributed by atoms with Gasteiger partial charge >= 0.3 is 5.97 Å². The molecule has 1 aromatic carbocycles. The maximum atomic E-state index is 12.1. The lowest BCUT2D eigenvalue weighted by Gasteiger charge is -2.25. The highest BCUT2D eigenvalue weighted by Crippen LogP contribution is 2.08. The van der Waals surface area contributed by atoms with E-state index in [9.17, 15) is 4.79 Å². The smallest absolute Gasteiger partial charge is 0.306 e. The third-order valence-electron chi connectivity index (χ3n) is 4.30. The molecule has 0 saturated heterocycles. The van der Waals surface area contributed by atoms with Crippen molar-refractivity contribution in [3.63, 3.8) is 0 Å². The molecule has 0 amide bonds. The zero-order valence-electron chi connectivity index (χ0n) is 16.2. The molecule has 0 fully saturated rings. The summed E-state index contributed by atoms with van der Waals surface area (Å²) in [6, 6.07) is 10.1. The van der Waals surface area contributed by atoms with Gasteiger partial charge in [0.1, 0.15) is 6.10 Å². The normalized spacial score (nSPS) is 12.3. The number of likely N-dealkylation sites (N-methyl/N-ethyl adjacent to an activating group) is 1. The van der Waals surface area contributed by atoms with Crippen LogP contribution in [0.3, 0.4) is 0 Å². The van der Waals surface area contributed by atoms with Crippen molar-refractivity contribution < 1.29 is 14.3 Å². The van der Waals surface area contributed by atoms with Gasteiger partial charge in [0.05, 0.1) is 13.2 Å². The first-order chi connectivity index (χ1) is 12.2. The summed E-state index contributed by atoms with van der Waals surface area (Å²) >= 11 is 0. The number of carbonyl (C=O) groups is 1. The molecule has 0 bridgehead atoms. The molecule has 1 rings (SSSR count). The van der Waals surface area contributed by atoms with E-state index in [-0.39, 0.29) is 12.1 Å². The Morgan fingerprint density at radius 3 is 2.40 bits per heavy atom. The van der Waals surface area contributed by atoms with Gasteiger partial charge in [-0.2, -0.15) is 0 Å². The van der Waals surface area contributed by atoms with Crippen LogP contribution in [0.4, 0.5) is 0 Å². The Labute approximate surface area is 153 Å². The van der Waals surface area contributed by atoms with E-state index in [1.165, 1.54) is 12.8 Å². The highest BCUT2D eigenvalue weighted by molar-refractivity contribution is 5.69. The van der Waals surface area contributed by atoms with Crippen LogP contribution in [0.2, 0.25) is 0 Å². The molecule has 0 N–H and O–H groups in total. The largest absolute Gasteiger partial charge is 0.459 e. The van der Waals surface area contributed by atoms with Crippen LogP contribution in [0, 0.1) is 0 Å². The summed E-state index contributed by atoms with van der Waals surface area (Å²) in [5.41, 5.74) is 1.13. The number of ether oxygens (including phenoxy) is 2. The maximum Gasteiger partial charge on any atom is 0.306 e. The molecule has 0 saturated carbocycles. The van der Waals surface area contributed by atoms with Gasteiger partial charge in [0.15, 0.2) is 0 Å². The Bertz CT molecular complexity index is 446. The van der Waals surface area contributed by atoms with E-state index in [2.05, 4.69) is 25.7 Å². The lowest BCUT2D eigenvalue weighted by molar-refractivity contribution is -0.153. The summed E-state index contributed by atoms with van der Waals surface area (Å²) in [7, 11) is 0. The minimum atomic E-state index is -0.206. The van der Waals surface area contributed by atoms with Gasteiger partial charge in [0.25, 0.3) is 0 Å². The van der Waals surface area contributed by atoms with E-state index >= 15 is 0 Å². The minimum Gasteiger partial charge on any atom is -0.459 e. The Balaban J connectivity index is 2.43. The molecule has 1 aromatic rings. The summed E-state index contributed by atoms with van der Waals surface area (Å²) in [4.78, 5) is 14.4. The number of esters is 1. The molecule has 0 aliphatic carbocycles. The zero-order valence-corrected chi connectivity index (χ0v) is 16.2. The highest BCUT2D eigenvalue weighted by atomic mass is 16.6. The molecule has 4 heteroatoms. The van der Waals surface area contributed by atoms with Crippen molar-refractivity contribution >= 4 is 5.97 Å². The average molecular weight is 350 g/mol. The molecular weight excluding hydrogens is 314 g/mol. The van der Waals surface area contributed by atoms with Gasteiger partial charge in [0.2, 0.25) is 0 Å². The van der Waals surface area contributed by atoms with Crippen LogP contribution in [0.15, 0.2) is 30.3 Å². The molecule has 0 spiro atoms. The number of nitrogens with zero attached hydrogens (tertiary/aromatic N) is 1. The van der Waals surface area contributed by atoms with Gasteiger partial charge in [-0.3, -0.25) is 4.79 Å². The van der Waals surface area contributed by atoms with Gasteiger partial charge < -0.3 is 14.4 Å². The van der Waals surface area contributed by atoms with Crippen LogP contribution >= 0.6 is 0 Å². The van der Waals surface area contributed by atoms with Crippen molar-refractivity contribution in [1.82, 2.24) is 4.90 Å². The van der Waals surface area contributed by atoms with E-state index < -0.39 is 0 Å². The Kier molecular flexibility index (Phi) is 12.0. The van der Waals surface area contributed by atoms with Gasteiger partial charge in [-0.1, -0.05) is 70.4 Å². The van der Waals surface area contributed by atoms with Gasteiger partial charge in [-0.15, -0.1) is 0 Å². The predicted octanol–water partition coefficient (Wildman–Crippen LogP) is 4.43. The molecule has 0 radical (unpaired) electrons. The third kappa shape index (κ3) is 10.3. The van der Waals surface area contributed by atoms with Crippen molar-refractivity contribution in [2.75, 3.05) is 26.2 Å². The zero-order chi connectivity index (χ0) is 18.3. The van der Waals surface area contributed by atoms with Crippen LogP contribution in [0.5, 0.6) is 0 Å². The summed E-state index contributed by atoms with van der Waals surface area (Å²) in [6.45, 7) is 10.0. The van der Waals surface area contributed by atoms with Crippen LogP contribution in [-0.4, -0.2) is 43.2 Å². The first kappa shape index (κ1) is 21.7. The van der Waals surface area contributed by atoms with E-state index in [1.807, 2.05) is 30.3 Å². The Morgan fingerprint density at radius 2 is 1.76 bits per heavy atom. The van der Waals surface area contributed by atoms with E-state index in [0.717, 1.165) is 38.0 Å². The second-order valence-corrected chi connectivity index (χ2v) is 6.41. The number of hydrogen-bond donors (Lipinski definition) is 0. The molecular formula is C21H35NO3. The fraction of sp³-hybridized carbons (Fsp3) is 0.667. The molecule has 4 nitrogen and oxygen atoms in total. The number of unbranched alkanes of at least 4 members (excludes halogenated alkanes) is 3. The van der Waals surface area contributed by atoms with E-state index in [0.29, 0.717) is 19.6 Å². The average Bonchev–Trinajstić information content (AvgIpc) is 2.64. The van der Waals surface area contributed by atoms with Crippen LogP contribution < -0.4 is 0 Å². The lowest BCUT2D eigenvalue weighted by atomic mass is 10.1. The number of carbonyl (C=O) groups excluding carboxylic acids is 1. The predicted molar refractivity (Wildman–Crippen MR) is 103 cm³/mol.